The molecule has 0 unspecified atom stereocenters. The second-order valence-electron chi connectivity index (χ2n) is 7.51. The molecule has 1 saturated heterocycles. The van der Waals surface area contributed by atoms with Gasteiger partial charge in [0.05, 0.1) is 17.7 Å². The zero-order chi connectivity index (χ0) is 19.9. The highest BCUT2D eigenvalue weighted by Gasteiger charge is 2.40. The molecule has 0 saturated carbocycles. The highest BCUT2D eigenvalue weighted by Crippen LogP contribution is 2.35. The van der Waals surface area contributed by atoms with Gasteiger partial charge in [0.2, 0.25) is 5.91 Å². The van der Waals surface area contributed by atoms with E-state index in [-0.39, 0.29) is 5.91 Å². The van der Waals surface area contributed by atoms with Crippen LogP contribution in [0.2, 0.25) is 0 Å². The molecule has 1 amide bonds. The Morgan fingerprint density at radius 2 is 1.66 bits per heavy atom. The normalized spacial score (nSPS) is 15.6. The first kappa shape index (κ1) is 19.3. The number of ether oxygens (including phenoxy) is 1. The fraction of sp³-hybridized carbons (Fsp3) is 0.292. The highest BCUT2D eigenvalue weighted by atomic mass is 16.5. The van der Waals surface area contributed by atoms with Gasteiger partial charge in [-0.05, 0) is 60.2 Å². The molecule has 1 aliphatic heterocycles. The third-order valence-corrected chi connectivity index (χ3v) is 5.60. The molecule has 1 aromatic carbocycles. The molecule has 0 aliphatic carbocycles. The van der Waals surface area contributed by atoms with Crippen molar-refractivity contribution in [3.05, 3.63) is 84.4 Å². The highest BCUT2D eigenvalue weighted by molar-refractivity contribution is 5.83. The second kappa shape index (κ2) is 8.97. The Morgan fingerprint density at radius 1 is 0.931 bits per heavy atom. The maximum Gasteiger partial charge on any atom is 0.227 e. The first-order valence-corrected chi connectivity index (χ1v) is 10.0. The molecule has 0 bridgehead atoms. The van der Waals surface area contributed by atoms with Crippen molar-refractivity contribution < 1.29 is 9.53 Å². The maximum absolute atomic E-state index is 13.2. The Kier molecular flexibility index (Phi) is 5.96. The molecule has 5 heteroatoms. The number of carbonyl (C=O) groups excluding carboxylic acids is 1. The van der Waals surface area contributed by atoms with E-state index >= 15 is 0 Å². The lowest BCUT2D eigenvalue weighted by Gasteiger charge is -2.36. The van der Waals surface area contributed by atoms with Crippen LogP contribution in [0.3, 0.4) is 0 Å². The van der Waals surface area contributed by atoms with Gasteiger partial charge in [0.25, 0.3) is 0 Å². The molecule has 3 heterocycles. The largest absolute Gasteiger partial charge is 0.381 e. The van der Waals surface area contributed by atoms with Gasteiger partial charge in [0.1, 0.15) is 0 Å². The summed E-state index contributed by atoms with van der Waals surface area (Å²) in [5.74, 6) is 0.0877. The third kappa shape index (κ3) is 4.69. The second-order valence-corrected chi connectivity index (χ2v) is 7.51. The Morgan fingerprint density at radius 3 is 2.34 bits per heavy atom. The summed E-state index contributed by atoms with van der Waals surface area (Å²) in [4.78, 5) is 21.6. The summed E-state index contributed by atoms with van der Waals surface area (Å²) < 4.78 is 5.55. The number of hydrogen-bond acceptors (Lipinski definition) is 4. The average molecular weight is 387 g/mol. The van der Waals surface area contributed by atoms with Crippen molar-refractivity contribution in [1.29, 1.82) is 0 Å². The predicted molar refractivity (Wildman–Crippen MR) is 112 cm³/mol. The summed E-state index contributed by atoms with van der Waals surface area (Å²) >= 11 is 0. The number of pyridine rings is 2. The van der Waals surface area contributed by atoms with Gasteiger partial charge in [-0.25, -0.2) is 0 Å². The molecule has 148 valence electrons. The summed E-state index contributed by atoms with van der Waals surface area (Å²) in [6.07, 6.45) is 7.51. The van der Waals surface area contributed by atoms with E-state index in [0.29, 0.717) is 26.2 Å². The number of nitrogens with one attached hydrogen (secondary N) is 1. The summed E-state index contributed by atoms with van der Waals surface area (Å²) in [6.45, 7) is 1.68. The van der Waals surface area contributed by atoms with Gasteiger partial charge in [-0.15, -0.1) is 0 Å². The lowest BCUT2D eigenvalue weighted by Crippen LogP contribution is -2.46. The third-order valence-electron chi connectivity index (χ3n) is 5.60. The van der Waals surface area contributed by atoms with E-state index in [0.717, 1.165) is 35.2 Å². The van der Waals surface area contributed by atoms with Gasteiger partial charge in [-0.3, -0.25) is 14.8 Å². The molecule has 1 fully saturated rings. The van der Waals surface area contributed by atoms with Crippen molar-refractivity contribution in [1.82, 2.24) is 15.3 Å². The van der Waals surface area contributed by atoms with E-state index in [9.17, 15) is 4.79 Å². The fourth-order valence-electron chi connectivity index (χ4n) is 3.86. The van der Waals surface area contributed by atoms with Crippen molar-refractivity contribution in [3.63, 3.8) is 0 Å². The van der Waals surface area contributed by atoms with Crippen molar-refractivity contribution in [3.8, 4) is 11.1 Å². The number of benzene rings is 1. The lowest BCUT2D eigenvalue weighted by molar-refractivity contribution is -0.136. The molecule has 29 heavy (non-hydrogen) atoms. The van der Waals surface area contributed by atoms with Crippen molar-refractivity contribution >= 4 is 5.91 Å². The number of nitrogens with zero attached hydrogens (tertiary/aromatic N) is 2. The molecule has 0 atom stereocenters. The van der Waals surface area contributed by atoms with Gasteiger partial charge in [-0.2, -0.15) is 0 Å². The number of hydrogen-bond donors (Lipinski definition) is 1. The molecule has 5 nitrogen and oxygen atoms in total. The summed E-state index contributed by atoms with van der Waals surface area (Å²) in [7, 11) is 0. The standard InChI is InChI=1S/C24H25N3O2/c28-23(27-18-22-3-1-2-12-26-22)24(10-15-29-16-11-24)17-19-4-6-20(7-5-19)21-8-13-25-14-9-21/h1-9,12-14H,10-11,15-18H2,(H,27,28). The minimum absolute atomic E-state index is 0.0877. The number of carbonyl (C=O) groups is 1. The van der Waals surface area contributed by atoms with Crippen molar-refractivity contribution in [2.75, 3.05) is 13.2 Å². The van der Waals surface area contributed by atoms with Gasteiger partial charge in [0, 0.05) is 31.8 Å². The van der Waals surface area contributed by atoms with Gasteiger partial charge < -0.3 is 10.1 Å². The number of amides is 1. The Labute approximate surface area is 171 Å². The zero-order valence-corrected chi connectivity index (χ0v) is 16.4. The van der Waals surface area contributed by atoms with Gasteiger partial charge >= 0.3 is 0 Å². The molecular weight excluding hydrogens is 362 g/mol. The van der Waals surface area contributed by atoms with E-state index < -0.39 is 5.41 Å². The van der Waals surface area contributed by atoms with Crippen LogP contribution in [-0.4, -0.2) is 29.1 Å². The van der Waals surface area contributed by atoms with E-state index in [1.54, 1.807) is 18.6 Å². The molecule has 2 aromatic heterocycles. The monoisotopic (exact) mass is 387 g/mol. The molecule has 4 rings (SSSR count). The van der Waals surface area contributed by atoms with Crippen LogP contribution in [0.15, 0.2) is 73.2 Å². The maximum atomic E-state index is 13.2. The first-order chi connectivity index (χ1) is 14.3. The summed E-state index contributed by atoms with van der Waals surface area (Å²) in [5.41, 5.74) is 3.88. The van der Waals surface area contributed by atoms with Crippen LogP contribution in [0.1, 0.15) is 24.1 Å². The van der Waals surface area contributed by atoms with Crippen molar-refractivity contribution in [2.45, 2.75) is 25.8 Å². The van der Waals surface area contributed by atoms with Crippen LogP contribution in [0.4, 0.5) is 0 Å². The zero-order valence-electron chi connectivity index (χ0n) is 16.4. The first-order valence-electron chi connectivity index (χ1n) is 10.0. The molecule has 1 N–H and O–H groups in total. The number of aromatic nitrogens is 2. The van der Waals surface area contributed by atoms with Crippen LogP contribution in [-0.2, 0) is 22.5 Å². The average Bonchev–Trinajstić information content (AvgIpc) is 2.80. The molecule has 0 spiro atoms. The SMILES string of the molecule is O=C(NCc1ccccn1)C1(Cc2ccc(-c3ccncc3)cc2)CCOCC1. The molecule has 1 aliphatic rings. The molecular formula is C24H25N3O2. The summed E-state index contributed by atoms with van der Waals surface area (Å²) in [6, 6.07) is 18.2. The van der Waals surface area contributed by atoms with Crippen LogP contribution in [0.5, 0.6) is 0 Å². The Hall–Kier alpha value is -3.05. The van der Waals surface area contributed by atoms with E-state index in [4.69, 9.17) is 4.74 Å². The summed E-state index contributed by atoms with van der Waals surface area (Å²) in [5, 5.41) is 3.10. The Balaban J connectivity index is 1.48. The predicted octanol–water partition coefficient (Wildman–Crippen LogP) is 3.80. The van der Waals surface area contributed by atoms with Gasteiger partial charge in [-0.1, -0.05) is 30.3 Å². The lowest BCUT2D eigenvalue weighted by atomic mass is 9.74. The fourth-order valence-corrected chi connectivity index (χ4v) is 3.86. The van der Waals surface area contributed by atoms with E-state index in [1.807, 2.05) is 30.3 Å². The van der Waals surface area contributed by atoms with Crippen LogP contribution >= 0.6 is 0 Å². The quantitative estimate of drug-likeness (QED) is 0.699. The Bertz CT molecular complexity index is 921. The van der Waals surface area contributed by atoms with Crippen LogP contribution in [0.25, 0.3) is 11.1 Å². The molecule has 0 radical (unpaired) electrons. The van der Waals surface area contributed by atoms with Crippen LogP contribution in [0, 0.1) is 5.41 Å². The van der Waals surface area contributed by atoms with Gasteiger partial charge in [0.15, 0.2) is 0 Å². The minimum Gasteiger partial charge on any atom is -0.381 e. The number of rotatable bonds is 6. The van der Waals surface area contributed by atoms with E-state index in [2.05, 4.69) is 39.6 Å². The minimum atomic E-state index is -0.439. The van der Waals surface area contributed by atoms with E-state index in [1.165, 1.54) is 0 Å². The van der Waals surface area contributed by atoms with Crippen molar-refractivity contribution in [2.24, 2.45) is 5.41 Å². The van der Waals surface area contributed by atoms with Crippen LogP contribution < -0.4 is 5.32 Å². The smallest absolute Gasteiger partial charge is 0.227 e. The topological polar surface area (TPSA) is 64.1 Å². The molecule has 3 aromatic rings.